The summed E-state index contributed by atoms with van der Waals surface area (Å²) in [6.45, 7) is 2.32. The molecule has 1 aromatic carbocycles. The van der Waals surface area contributed by atoms with E-state index in [1.165, 1.54) is 25.7 Å². The van der Waals surface area contributed by atoms with Gasteiger partial charge in [0.15, 0.2) is 0 Å². The fourth-order valence-corrected chi connectivity index (χ4v) is 3.44. The summed E-state index contributed by atoms with van der Waals surface area (Å²) < 4.78 is 13.7. The summed E-state index contributed by atoms with van der Waals surface area (Å²) in [5.74, 6) is -0.181. The van der Waals surface area contributed by atoms with Gasteiger partial charge in [0, 0.05) is 24.2 Å². The minimum atomic E-state index is -0.181. The van der Waals surface area contributed by atoms with Gasteiger partial charge in [0.1, 0.15) is 5.82 Å². The highest BCUT2D eigenvalue weighted by molar-refractivity contribution is 9.10. The highest BCUT2D eigenvalue weighted by Gasteiger charge is 2.44. The van der Waals surface area contributed by atoms with Gasteiger partial charge in [-0.3, -0.25) is 0 Å². The summed E-state index contributed by atoms with van der Waals surface area (Å²) in [6.07, 6.45) is 5.54. The average Bonchev–Trinajstić information content (AvgIpc) is 2.69. The standard InChI is InChI=1S/C13H15BrFN/c14-11-7-10(3-4-12(11)15)16-8-13(9-16)5-1-2-6-13/h3-4,7H,1-2,5-6,8-9H2. The molecule has 1 spiro atoms. The van der Waals surface area contributed by atoms with E-state index in [1.807, 2.05) is 12.1 Å². The first kappa shape index (κ1) is 10.6. The molecule has 0 unspecified atom stereocenters. The van der Waals surface area contributed by atoms with E-state index < -0.39 is 0 Å². The van der Waals surface area contributed by atoms with E-state index >= 15 is 0 Å². The molecule has 1 saturated carbocycles. The number of hydrogen-bond donors (Lipinski definition) is 0. The molecule has 1 saturated heterocycles. The minimum Gasteiger partial charge on any atom is -0.370 e. The lowest BCUT2D eigenvalue weighted by Gasteiger charge is -2.49. The van der Waals surface area contributed by atoms with Gasteiger partial charge in [-0.1, -0.05) is 12.8 Å². The van der Waals surface area contributed by atoms with Crippen molar-refractivity contribution in [3.8, 4) is 0 Å². The van der Waals surface area contributed by atoms with Crippen LogP contribution in [0.2, 0.25) is 0 Å². The van der Waals surface area contributed by atoms with Gasteiger partial charge in [-0.05, 0) is 47.0 Å². The van der Waals surface area contributed by atoms with Crippen molar-refractivity contribution in [2.75, 3.05) is 18.0 Å². The molecular formula is C13H15BrFN. The van der Waals surface area contributed by atoms with Gasteiger partial charge < -0.3 is 4.90 Å². The molecule has 0 radical (unpaired) electrons. The van der Waals surface area contributed by atoms with E-state index in [-0.39, 0.29) is 5.82 Å². The molecule has 1 aliphatic heterocycles. The van der Waals surface area contributed by atoms with Crippen molar-refractivity contribution in [3.63, 3.8) is 0 Å². The van der Waals surface area contributed by atoms with E-state index in [2.05, 4.69) is 20.8 Å². The van der Waals surface area contributed by atoms with E-state index in [9.17, 15) is 4.39 Å². The van der Waals surface area contributed by atoms with Crippen LogP contribution >= 0.6 is 15.9 Å². The molecule has 2 aliphatic rings. The molecular weight excluding hydrogens is 269 g/mol. The summed E-state index contributed by atoms with van der Waals surface area (Å²) in [6, 6.07) is 5.30. The van der Waals surface area contributed by atoms with Crippen LogP contribution in [-0.4, -0.2) is 13.1 Å². The zero-order valence-corrected chi connectivity index (χ0v) is 10.8. The molecule has 0 N–H and O–H groups in total. The molecule has 3 heteroatoms. The van der Waals surface area contributed by atoms with Crippen molar-refractivity contribution in [1.82, 2.24) is 0 Å². The smallest absolute Gasteiger partial charge is 0.137 e. The highest BCUT2D eigenvalue weighted by Crippen LogP contribution is 2.47. The zero-order chi connectivity index (χ0) is 11.2. The number of rotatable bonds is 1. The quantitative estimate of drug-likeness (QED) is 0.754. The topological polar surface area (TPSA) is 3.24 Å². The van der Waals surface area contributed by atoms with Gasteiger partial charge in [-0.2, -0.15) is 0 Å². The SMILES string of the molecule is Fc1ccc(N2CC3(CCCC3)C2)cc1Br. The molecule has 1 nitrogen and oxygen atoms in total. The van der Waals surface area contributed by atoms with Crippen LogP contribution < -0.4 is 4.90 Å². The molecule has 0 bridgehead atoms. The van der Waals surface area contributed by atoms with Crippen LogP contribution in [0.5, 0.6) is 0 Å². The maximum atomic E-state index is 13.1. The highest BCUT2D eigenvalue weighted by atomic mass is 79.9. The van der Waals surface area contributed by atoms with Crippen molar-refractivity contribution >= 4 is 21.6 Å². The summed E-state index contributed by atoms with van der Waals surface area (Å²) in [4.78, 5) is 2.36. The summed E-state index contributed by atoms with van der Waals surface area (Å²) in [5, 5.41) is 0. The predicted octanol–water partition coefficient (Wildman–Crippen LogP) is 3.97. The molecule has 2 fully saturated rings. The van der Waals surface area contributed by atoms with Crippen LogP contribution in [0.4, 0.5) is 10.1 Å². The molecule has 0 atom stereocenters. The van der Waals surface area contributed by atoms with Gasteiger partial charge in [-0.25, -0.2) is 4.39 Å². The number of anilines is 1. The Bertz CT molecular complexity index is 404. The van der Waals surface area contributed by atoms with E-state index in [0.29, 0.717) is 9.89 Å². The van der Waals surface area contributed by atoms with Gasteiger partial charge >= 0.3 is 0 Å². The zero-order valence-electron chi connectivity index (χ0n) is 9.18. The normalized spacial score (nSPS) is 22.5. The van der Waals surface area contributed by atoms with Crippen molar-refractivity contribution in [3.05, 3.63) is 28.5 Å². The largest absolute Gasteiger partial charge is 0.370 e. The molecule has 3 rings (SSSR count). The Morgan fingerprint density at radius 3 is 2.50 bits per heavy atom. The molecule has 16 heavy (non-hydrogen) atoms. The van der Waals surface area contributed by atoms with Gasteiger partial charge in [-0.15, -0.1) is 0 Å². The number of hydrogen-bond acceptors (Lipinski definition) is 1. The van der Waals surface area contributed by atoms with Crippen LogP contribution in [0.25, 0.3) is 0 Å². The Morgan fingerprint density at radius 2 is 1.88 bits per heavy atom. The Balaban J connectivity index is 1.73. The second kappa shape index (κ2) is 3.73. The van der Waals surface area contributed by atoms with Crippen LogP contribution in [0.15, 0.2) is 22.7 Å². The Morgan fingerprint density at radius 1 is 1.19 bits per heavy atom. The first-order valence-electron chi connectivity index (χ1n) is 5.89. The van der Waals surface area contributed by atoms with Crippen LogP contribution in [0.3, 0.4) is 0 Å². The summed E-state index contributed by atoms with van der Waals surface area (Å²) in [5.41, 5.74) is 1.74. The molecule has 1 aliphatic carbocycles. The molecule has 1 aromatic rings. The maximum Gasteiger partial charge on any atom is 0.137 e. The second-order valence-corrected chi connectivity index (χ2v) is 6.02. The second-order valence-electron chi connectivity index (χ2n) is 5.16. The van der Waals surface area contributed by atoms with Crippen molar-refractivity contribution in [2.24, 2.45) is 5.41 Å². The fourth-order valence-electron chi connectivity index (χ4n) is 3.07. The van der Waals surface area contributed by atoms with Crippen LogP contribution in [0, 0.1) is 11.2 Å². The van der Waals surface area contributed by atoms with E-state index in [0.717, 1.165) is 18.8 Å². The number of halogens is 2. The fraction of sp³-hybridized carbons (Fsp3) is 0.538. The Labute approximate surface area is 104 Å². The maximum absolute atomic E-state index is 13.1. The average molecular weight is 284 g/mol. The van der Waals surface area contributed by atoms with Gasteiger partial charge in [0.25, 0.3) is 0 Å². The number of nitrogens with zero attached hydrogens (tertiary/aromatic N) is 1. The van der Waals surface area contributed by atoms with E-state index in [1.54, 1.807) is 6.07 Å². The van der Waals surface area contributed by atoms with Crippen LogP contribution in [0.1, 0.15) is 25.7 Å². The Hall–Kier alpha value is -0.570. The molecule has 1 heterocycles. The lowest BCUT2D eigenvalue weighted by Crippen LogP contribution is -2.55. The summed E-state index contributed by atoms with van der Waals surface area (Å²) >= 11 is 3.24. The third kappa shape index (κ3) is 1.65. The van der Waals surface area contributed by atoms with Crippen LogP contribution in [-0.2, 0) is 0 Å². The third-order valence-electron chi connectivity index (χ3n) is 3.99. The van der Waals surface area contributed by atoms with Crippen molar-refractivity contribution in [2.45, 2.75) is 25.7 Å². The van der Waals surface area contributed by atoms with Crippen molar-refractivity contribution < 1.29 is 4.39 Å². The minimum absolute atomic E-state index is 0.181. The van der Waals surface area contributed by atoms with E-state index in [4.69, 9.17) is 0 Å². The predicted molar refractivity (Wildman–Crippen MR) is 67.2 cm³/mol. The third-order valence-corrected chi connectivity index (χ3v) is 4.59. The molecule has 0 aromatic heterocycles. The molecule has 86 valence electrons. The first-order valence-corrected chi connectivity index (χ1v) is 6.68. The molecule has 0 amide bonds. The Kier molecular flexibility index (Phi) is 2.46. The lowest BCUT2D eigenvalue weighted by molar-refractivity contribution is 0.222. The monoisotopic (exact) mass is 283 g/mol. The number of benzene rings is 1. The van der Waals surface area contributed by atoms with Crippen molar-refractivity contribution in [1.29, 1.82) is 0 Å². The van der Waals surface area contributed by atoms with Gasteiger partial charge in [0.05, 0.1) is 4.47 Å². The summed E-state index contributed by atoms with van der Waals surface area (Å²) in [7, 11) is 0. The van der Waals surface area contributed by atoms with Gasteiger partial charge in [0.2, 0.25) is 0 Å². The lowest BCUT2D eigenvalue weighted by atomic mass is 9.78. The first-order chi connectivity index (χ1) is 7.69.